The summed E-state index contributed by atoms with van der Waals surface area (Å²) in [5, 5.41) is 14.3. The van der Waals surface area contributed by atoms with Crippen LogP contribution in [0.25, 0.3) is 0 Å². The zero-order chi connectivity index (χ0) is 17.6. The number of benzene rings is 2. The van der Waals surface area contributed by atoms with Crippen LogP contribution < -0.4 is 20.9 Å². The Labute approximate surface area is 145 Å². The van der Waals surface area contributed by atoms with Crippen LogP contribution in [-0.2, 0) is 17.8 Å². The second-order valence-corrected chi connectivity index (χ2v) is 5.71. The Hall–Kier alpha value is -3.06. The van der Waals surface area contributed by atoms with Crippen LogP contribution in [0.3, 0.4) is 0 Å². The summed E-state index contributed by atoms with van der Waals surface area (Å²) in [5.41, 5.74) is 3.98. The highest BCUT2D eigenvalue weighted by atomic mass is 16.5. The molecule has 0 spiro atoms. The molecule has 2 aromatic rings. The standard InChI is InChI=1S/C18H19N3O4/c22-17(21-24)15-10-9-13-7-4-8-14(16(13)25-15)20-18(23)19-11-12-5-2-1-3-6-12/h1-8,15,24H,9-11H2,(H,21,22)(H2,19,20,23). The van der Waals surface area contributed by atoms with Crippen LogP contribution in [0.4, 0.5) is 10.5 Å². The fraction of sp³-hybridized carbons (Fsp3) is 0.222. The molecule has 1 atom stereocenters. The Balaban J connectivity index is 1.67. The number of aryl methyl sites for hydroxylation is 1. The number of fused-ring (bicyclic) bond motifs is 1. The zero-order valence-electron chi connectivity index (χ0n) is 13.5. The van der Waals surface area contributed by atoms with Crippen LogP contribution in [-0.4, -0.2) is 23.2 Å². The summed E-state index contributed by atoms with van der Waals surface area (Å²) in [7, 11) is 0. The molecule has 0 aromatic heterocycles. The number of para-hydroxylation sites is 1. The quantitative estimate of drug-likeness (QED) is 0.506. The monoisotopic (exact) mass is 341 g/mol. The molecule has 1 heterocycles. The van der Waals surface area contributed by atoms with E-state index in [1.807, 2.05) is 42.5 Å². The number of amides is 3. The van der Waals surface area contributed by atoms with Crippen LogP contribution in [0.2, 0.25) is 0 Å². The minimum absolute atomic E-state index is 0.366. The van der Waals surface area contributed by atoms with E-state index in [0.717, 1.165) is 11.1 Å². The second-order valence-electron chi connectivity index (χ2n) is 5.71. The Morgan fingerprint density at radius 3 is 2.68 bits per heavy atom. The van der Waals surface area contributed by atoms with E-state index in [-0.39, 0.29) is 6.03 Å². The van der Waals surface area contributed by atoms with Gasteiger partial charge in [0, 0.05) is 6.54 Å². The molecule has 0 bridgehead atoms. The molecule has 0 saturated carbocycles. The summed E-state index contributed by atoms with van der Waals surface area (Å²) in [6, 6.07) is 14.6. The van der Waals surface area contributed by atoms with Gasteiger partial charge in [-0.3, -0.25) is 10.0 Å². The molecule has 0 fully saturated rings. The van der Waals surface area contributed by atoms with Gasteiger partial charge in [-0.05, 0) is 30.0 Å². The fourth-order valence-electron chi connectivity index (χ4n) is 2.71. The lowest BCUT2D eigenvalue weighted by molar-refractivity contribution is -0.137. The van der Waals surface area contributed by atoms with Gasteiger partial charge in [-0.25, -0.2) is 10.3 Å². The van der Waals surface area contributed by atoms with Crippen LogP contribution in [0.15, 0.2) is 48.5 Å². The summed E-state index contributed by atoms with van der Waals surface area (Å²) >= 11 is 0. The van der Waals surface area contributed by atoms with Crippen molar-refractivity contribution < 1.29 is 19.5 Å². The average Bonchev–Trinajstić information content (AvgIpc) is 2.66. The first-order valence-corrected chi connectivity index (χ1v) is 7.98. The maximum absolute atomic E-state index is 12.1. The Bertz CT molecular complexity index is 764. The highest BCUT2D eigenvalue weighted by Gasteiger charge is 2.27. The van der Waals surface area contributed by atoms with E-state index in [4.69, 9.17) is 9.94 Å². The Kier molecular flexibility index (Phi) is 5.15. The number of hydroxylamine groups is 1. The van der Waals surface area contributed by atoms with Crippen LogP contribution in [0, 0.1) is 0 Å². The third-order valence-corrected chi connectivity index (χ3v) is 3.98. The van der Waals surface area contributed by atoms with Crippen molar-refractivity contribution in [1.82, 2.24) is 10.8 Å². The first-order chi connectivity index (χ1) is 12.2. The van der Waals surface area contributed by atoms with Crippen molar-refractivity contribution in [3.8, 4) is 5.75 Å². The smallest absolute Gasteiger partial charge is 0.319 e. The van der Waals surface area contributed by atoms with Crippen molar-refractivity contribution in [2.75, 3.05) is 5.32 Å². The van der Waals surface area contributed by atoms with Gasteiger partial charge in [0.15, 0.2) is 6.10 Å². The van der Waals surface area contributed by atoms with Crippen molar-refractivity contribution in [2.45, 2.75) is 25.5 Å². The molecular formula is C18H19N3O4. The third kappa shape index (κ3) is 4.07. The molecule has 1 aliphatic heterocycles. The number of rotatable bonds is 4. The molecule has 1 unspecified atom stereocenters. The predicted molar refractivity (Wildman–Crippen MR) is 91.4 cm³/mol. The second kappa shape index (κ2) is 7.67. The minimum Gasteiger partial charge on any atom is -0.478 e. The number of nitrogens with one attached hydrogen (secondary N) is 3. The lowest BCUT2D eigenvalue weighted by Crippen LogP contribution is -2.39. The highest BCUT2D eigenvalue weighted by Crippen LogP contribution is 2.35. The summed E-state index contributed by atoms with van der Waals surface area (Å²) in [4.78, 5) is 23.7. The maximum atomic E-state index is 12.1. The minimum atomic E-state index is -0.784. The van der Waals surface area contributed by atoms with E-state index in [9.17, 15) is 9.59 Å². The van der Waals surface area contributed by atoms with E-state index >= 15 is 0 Å². The van der Waals surface area contributed by atoms with Gasteiger partial charge in [0.1, 0.15) is 5.75 Å². The predicted octanol–water partition coefficient (Wildman–Crippen LogP) is 2.21. The molecular weight excluding hydrogens is 322 g/mol. The van der Waals surface area contributed by atoms with E-state index in [2.05, 4.69) is 10.6 Å². The van der Waals surface area contributed by atoms with Gasteiger partial charge < -0.3 is 15.4 Å². The van der Waals surface area contributed by atoms with E-state index in [0.29, 0.717) is 30.8 Å². The molecule has 3 rings (SSSR count). The molecule has 3 amide bonds. The summed E-state index contributed by atoms with van der Waals surface area (Å²) in [5.74, 6) is -0.147. The normalized spacial score (nSPS) is 15.5. The van der Waals surface area contributed by atoms with Gasteiger partial charge in [0.25, 0.3) is 5.91 Å². The number of urea groups is 1. The van der Waals surface area contributed by atoms with Crippen molar-refractivity contribution in [3.05, 3.63) is 59.7 Å². The third-order valence-electron chi connectivity index (χ3n) is 3.98. The van der Waals surface area contributed by atoms with Gasteiger partial charge >= 0.3 is 6.03 Å². The largest absolute Gasteiger partial charge is 0.478 e. The highest BCUT2D eigenvalue weighted by molar-refractivity contribution is 5.91. The first-order valence-electron chi connectivity index (χ1n) is 7.98. The van der Waals surface area contributed by atoms with Crippen molar-refractivity contribution >= 4 is 17.6 Å². The van der Waals surface area contributed by atoms with E-state index in [1.165, 1.54) is 0 Å². The SMILES string of the molecule is O=C(NCc1ccccc1)Nc1cccc2c1OC(C(=O)NO)CC2. The molecule has 2 aromatic carbocycles. The number of carbonyl (C=O) groups excluding carboxylic acids is 2. The molecule has 0 radical (unpaired) electrons. The van der Waals surface area contributed by atoms with E-state index in [1.54, 1.807) is 11.5 Å². The van der Waals surface area contributed by atoms with Gasteiger partial charge in [0.05, 0.1) is 5.69 Å². The zero-order valence-corrected chi connectivity index (χ0v) is 13.5. The Morgan fingerprint density at radius 1 is 1.12 bits per heavy atom. The van der Waals surface area contributed by atoms with E-state index < -0.39 is 12.0 Å². The van der Waals surface area contributed by atoms with Crippen LogP contribution in [0.5, 0.6) is 5.75 Å². The maximum Gasteiger partial charge on any atom is 0.319 e. The molecule has 0 aliphatic carbocycles. The molecule has 1 aliphatic rings. The summed E-state index contributed by atoms with van der Waals surface area (Å²) in [6.07, 6.45) is 0.297. The Morgan fingerprint density at radius 2 is 1.92 bits per heavy atom. The molecule has 7 heteroatoms. The first kappa shape index (κ1) is 16.8. The molecule has 0 saturated heterocycles. The summed E-state index contributed by atoms with van der Waals surface area (Å²) in [6.45, 7) is 0.401. The van der Waals surface area contributed by atoms with Crippen molar-refractivity contribution in [2.24, 2.45) is 0 Å². The number of anilines is 1. The average molecular weight is 341 g/mol. The van der Waals surface area contributed by atoms with Crippen LogP contribution >= 0.6 is 0 Å². The summed E-state index contributed by atoms with van der Waals surface area (Å²) < 4.78 is 5.66. The lowest BCUT2D eigenvalue weighted by Gasteiger charge is -2.26. The number of ether oxygens (including phenoxy) is 1. The molecule has 7 nitrogen and oxygen atoms in total. The van der Waals surface area contributed by atoms with Crippen molar-refractivity contribution in [3.63, 3.8) is 0 Å². The van der Waals surface area contributed by atoms with Gasteiger partial charge in [-0.2, -0.15) is 0 Å². The topological polar surface area (TPSA) is 99.7 Å². The molecule has 130 valence electrons. The van der Waals surface area contributed by atoms with Gasteiger partial charge in [-0.1, -0.05) is 42.5 Å². The molecule has 4 N–H and O–H groups in total. The number of carbonyl (C=O) groups is 2. The van der Waals surface area contributed by atoms with Gasteiger partial charge in [0.2, 0.25) is 0 Å². The number of hydrogen-bond donors (Lipinski definition) is 4. The molecule has 25 heavy (non-hydrogen) atoms. The van der Waals surface area contributed by atoms with Crippen LogP contribution in [0.1, 0.15) is 17.5 Å². The fourth-order valence-corrected chi connectivity index (χ4v) is 2.71. The lowest BCUT2D eigenvalue weighted by atomic mass is 10.0. The van der Waals surface area contributed by atoms with Gasteiger partial charge in [-0.15, -0.1) is 0 Å². The van der Waals surface area contributed by atoms with Crippen molar-refractivity contribution in [1.29, 1.82) is 0 Å². The number of hydrogen-bond acceptors (Lipinski definition) is 4.